The van der Waals surface area contributed by atoms with Crippen LogP contribution >= 0.6 is 0 Å². The average molecular weight is 425 g/mol. The summed E-state index contributed by atoms with van der Waals surface area (Å²) in [6.45, 7) is 1.28. The SMILES string of the molecule is CC(=O)c1ccc(OCc2ccc(C(=O)Nc3c(F)c(F)c(F)c(F)c3F)o2)cc1. The molecule has 2 aromatic carbocycles. The molecule has 3 rings (SSSR count). The van der Waals surface area contributed by atoms with Crippen LogP contribution in [0.1, 0.15) is 33.6 Å². The van der Waals surface area contributed by atoms with E-state index in [1.54, 1.807) is 29.6 Å². The van der Waals surface area contributed by atoms with Crippen LogP contribution in [0.3, 0.4) is 0 Å². The largest absolute Gasteiger partial charge is 0.486 e. The van der Waals surface area contributed by atoms with Gasteiger partial charge in [0, 0.05) is 5.56 Å². The summed E-state index contributed by atoms with van der Waals surface area (Å²) >= 11 is 0. The minimum absolute atomic E-state index is 0.114. The van der Waals surface area contributed by atoms with Gasteiger partial charge in [0.25, 0.3) is 5.91 Å². The normalized spacial score (nSPS) is 10.7. The second-order valence-corrected chi connectivity index (χ2v) is 6.03. The van der Waals surface area contributed by atoms with E-state index in [4.69, 9.17) is 9.15 Å². The van der Waals surface area contributed by atoms with Gasteiger partial charge in [-0.2, -0.15) is 0 Å². The maximum Gasteiger partial charge on any atom is 0.291 e. The number of furan rings is 1. The average Bonchev–Trinajstić information content (AvgIpc) is 3.22. The van der Waals surface area contributed by atoms with Gasteiger partial charge in [-0.25, -0.2) is 22.0 Å². The summed E-state index contributed by atoms with van der Waals surface area (Å²) in [7, 11) is 0. The molecule has 0 atom stereocenters. The molecule has 0 saturated carbocycles. The second kappa shape index (κ2) is 8.36. The molecule has 0 saturated heterocycles. The molecule has 5 nitrogen and oxygen atoms in total. The smallest absolute Gasteiger partial charge is 0.291 e. The zero-order valence-electron chi connectivity index (χ0n) is 15.2. The predicted octanol–water partition coefficient (Wildman–Crippen LogP) is 5.01. The number of benzene rings is 2. The first-order valence-electron chi connectivity index (χ1n) is 8.34. The number of hydrogen-bond acceptors (Lipinski definition) is 4. The molecule has 0 spiro atoms. The van der Waals surface area contributed by atoms with E-state index in [2.05, 4.69) is 0 Å². The topological polar surface area (TPSA) is 68.5 Å². The third-order valence-electron chi connectivity index (χ3n) is 3.98. The van der Waals surface area contributed by atoms with Crippen LogP contribution < -0.4 is 10.1 Å². The van der Waals surface area contributed by atoms with Gasteiger partial charge in [0.05, 0.1) is 0 Å². The predicted molar refractivity (Wildman–Crippen MR) is 93.7 cm³/mol. The molecule has 0 aliphatic carbocycles. The fourth-order valence-electron chi connectivity index (χ4n) is 2.41. The quantitative estimate of drug-likeness (QED) is 0.261. The first kappa shape index (κ1) is 21.0. The molecular weight excluding hydrogens is 413 g/mol. The number of Topliss-reactive ketones (excluding diaryl/α,β-unsaturated/α-hetero) is 1. The standard InChI is InChI=1S/C20H12F5NO4/c1-9(27)10-2-4-11(5-3-10)29-8-12-6-7-13(30-12)20(28)26-19-17(24)15(22)14(21)16(23)18(19)25/h2-7H,8H2,1H3,(H,26,28). The van der Waals surface area contributed by atoms with Gasteiger partial charge in [-0.15, -0.1) is 0 Å². The lowest BCUT2D eigenvalue weighted by atomic mass is 10.1. The molecule has 0 aliphatic rings. The molecule has 0 aliphatic heterocycles. The van der Waals surface area contributed by atoms with Crippen molar-refractivity contribution in [3.63, 3.8) is 0 Å². The highest BCUT2D eigenvalue weighted by atomic mass is 19.2. The summed E-state index contributed by atoms with van der Waals surface area (Å²) < 4.78 is 77.4. The third-order valence-corrected chi connectivity index (χ3v) is 3.98. The van der Waals surface area contributed by atoms with Crippen molar-refractivity contribution in [2.75, 3.05) is 5.32 Å². The fourth-order valence-corrected chi connectivity index (χ4v) is 2.41. The lowest BCUT2D eigenvalue weighted by Gasteiger charge is -2.08. The van der Waals surface area contributed by atoms with Gasteiger partial charge in [0.2, 0.25) is 5.82 Å². The number of carbonyl (C=O) groups excluding carboxylic acids is 2. The zero-order chi connectivity index (χ0) is 22.0. The van der Waals surface area contributed by atoms with Gasteiger partial charge >= 0.3 is 0 Å². The van der Waals surface area contributed by atoms with E-state index >= 15 is 0 Å². The van der Waals surface area contributed by atoms with E-state index in [9.17, 15) is 31.5 Å². The van der Waals surface area contributed by atoms with E-state index < -0.39 is 46.4 Å². The summed E-state index contributed by atoms with van der Waals surface area (Å²) in [5.41, 5.74) is -0.997. The molecule has 0 unspecified atom stereocenters. The van der Waals surface area contributed by atoms with E-state index in [1.165, 1.54) is 13.0 Å². The van der Waals surface area contributed by atoms with Crippen LogP contribution in [0.15, 0.2) is 40.8 Å². The van der Waals surface area contributed by atoms with Crippen LogP contribution in [-0.4, -0.2) is 11.7 Å². The molecule has 1 aromatic heterocycles. The number of amides is 1. The number of ether oxygens (including phenoxy) is 1. The van der Waals surface area contributed by atoms with Crippen molar-refractivity contribution in [2.45, 2.75) is 13.5 Å². The van der Waals surface area contributed by atoms with Crippen LogP contribution in [-0.2, 0) is 6.61 Å². The highest BCUT2D eigenvalue weighted by Crippen LogP contribution is 2.27. The van der Waals surface area contributed by atoms with Gasteiger partial charge < -0.3 is 14.5 Å². The van der Waals surface area contributed by atoms with Gasteiger partial charge in [0.15, 0.2) is 34.8 Å². The maximum absolute atomic E-state index is 13.7. The van der Waals surface area contributed by atoms with Gasteiger partial charge in [-0.3, -0.25) is 9.59 Å². The van der Waals surface area contributed by atoms with Gasteiger partial charge in [-0.1, -0.05) is 0 Å². The molecule has 0 bridgehead atoms. The Hall–Kier alpha value is -3.69. The maximum atomic E-state index is 13.7. The van der Waals surface area contributed by atoms with Gasteiger partial charge in [0.1, 0.15) is 23.8 Å². The second-order valence-electron chi connectivity index (χ2n) is 6.03. The number of halogens is 5. The van der Waals surface area contributed by atoms with Crippen LogP contribution in [0.4, 0.5) is 27.6 Å². The summed E-state index contributed by atoms with van der Waals surface area (Å²) in [5, 5.41) is 1.61. The van der Waals surface area contributed by atoms with E-state index in [0.29, 0.717) is 11.3 Å². The molecule has 1 amide bonds. The van der Waals surface area contributed by atoms with Crippen molar-refractivity contribution in [2.24, 2.45) is 0 Å². The van der Waals surface area contributed by atoms with E-state index in [0.717, 1.165) is 6.07 Å². The Morgan fingerprint density at radius 2 is 1.43 bits per heavy atom. The van der Waals surface area contributed by atoms with Crippen LogP contribution in [0.2, 0.25) is 0 Å². The lowest BCUT2D eigenvalue weighted by Crippen LogP contribution is -2.16. The van der Waals surface area contributed by atoms with Crippen LogP contribution in [0.5, 0.6) is 5.75 Å². The molecule has 1 heterocycles. The molecule has 30 heavy (non-hydrogen) atoms. The first-order valence-corrected chi connectivity index (χ1v) is 8.34. The Morgan fingerprint density at radius 1 is 0.867 bits per heavy atom. The minimum Gasteiger partial charge on any atom is -0.486 e. The minimum atomic E-state index is -2.34. The summed E-state index contributed by atoms with van der Waals surface area (Å²) in [6.07, 6.45) is 0. The number of carbonyl (C=O) groups is 2. The first-order chi connectivity index (χ1) is 14.2. The highest BCUT2D eigenvalue weighted by Gasteiger charge is 2.27. The molecule has 3 aromatic rings. The Labute approximate surface area is 166 Å². The molecule has 10 heteroatoms. The van der Waals surface area contributed by atoms with E-state index in [-0.39, 0.29) is 18.2 Å². The van der Waals surface area contributed by atoms with E-state index in [1.807, 2.05) is 0 Å². The lowest BCUT2D eigenvalue weighted by molar-refractivity contribution is 0.0989. The van der Waals surface area contributed by atoms with Crippen LogP contribution in [0, 0.1) is 29.1 Å². The third kappa shape index (κ3) is 4.17. The van der Waals surface area contributed by atoms with Gasteiger partial charge in [-0.05, 0) is 43.3 Å². The zero-order valence-corrected chi connectivity index (χ0v) is 15.2. The summed E-state index contributed by atoms with van der Waals surface area (Å²) in [4.78, 5) is 23.3. The van der Waals surface area contributed by atoms with Crippen molar-refractivity contribution in [1.82, 2.24) is 0 Å². The Bertz CT molecular complexity index is 1100. The van der Waals surface area contributed by atoms with Crippen molar-refractivity contribution >= 4 is 17.4 Å². The number of rotatable bonds is 6. The monoisotopic (exact) mass is 425 g/mol. The van der Waals surface area contributed by atoms with Crippen molar-refractivity contribution in [3.8, 4) is 5.75 Å². The van der Waals surface area contributed by atoms with Crippen molar-refractivity contribution < 1.29 is 40.7 Å². The Kier molecular flexibility index (Phi) is 5.86. The Balaban J connectivity index is 1.69. The molecular formula is C20H12F5NO4. The summed E-state index contributed by atoms with van der Waals surface area (Å²) in [6, 6.07) is 8.69. The Morgan fingerprint density at radius 3 is 2.00 bits per heavy atom. The highest BCUT2D eigenvalue weighted by molar-refractivity contribution is 6.02. The number of ketones is 1. The number of nitrogens with one attached hydrogen (secondary N) is 1. The number of hydrogen-bond donors (Lipinski definition) is 1. The number of anilines is 1. The molecule has 0 fully saturated rings. The fraction of sp³-hybridized carbons (Fsp3) is 0.100. The molecule has 0 radical (unpaired) electrons. The molecule has 156 valence electrons. The summed E-state index contributed by atoms with van der Waals surface area (Å²) in [5.74, 6) is -12.3. The molecule has 1 N–H and O–H groups in total. The van der Waals surface area contributed by atoms with Crippen molar-refractivity contribution in [3.05, 3.63) is 82.6 Å². The van der Waals surface area contributed by atoms with Crippen molar-refractivity contribution in [1.29, 1.82) is 0 Å². The van der Waals surface area contributed by atoms with Crippen LogP contribution in [0.25, 0.3) is 0 Å².